The SMILES string of the molecule is CC1CCNC1c1cccs1. The molecule has 11 heavy (non-hydrogen) atoms. The summed E-state index contributed by atoms with van der Waals surface area (Å²) in [7, 11) is 0. The van der Waals surface area contributed by atoms with Crippen LogP contribution in [-0.2, 0) is 0 Å². The van der Waals surface area contributed by atoms with E-state index in [4.69, 9.17) is 0 Å². The molecule has 60 valence electrons. The van der Waals surface area contributed by atoms with E-state index in [1.54, 1.807) is 0 Å². The molecule has 2 unspecified atom stereocenters. The standard InChI is InChI=1S/C9H13NS/c1-7-4-5-10-9(7)8-3-2-6-11-8/h2-3,6-7,9-10H,4-5H2,1H3. The summed E-state index contributed by atoms with van der Waals surface area (Å²) < 4.78 is 0. The van der Waals surface area contributed by atoms with Crippen molar-refractivity contribution in [3.63, 3.8) is 0 Å². The molecule has 1 aromatic rings. The van der Waals surface area contributed by atoms with Gasteiger partial charge in [-0.3, -0.25) is 0 Å². The van der Waals surface area contributed by atoms with Crippen LogP contribution in [0.25, 0.3) is 0 Å². The summed E-state index contributed by atoms with van der Waals surface area (Å²) in [6.07, 6.45) is 1.32. The summed E-state index contributed by atoms with van der Waals surface area (Å²) in [5.41, 5.74) is 0. The van der Waals surface area contributed by atoms with Gasteiger partial charge in [-0.05, 0) is 30.3 Å². The quantitative estimate of drug-likeness (QED) is 0.677. The monoisotopic (exact) mass is 167 g/mol. The Morgan fingerprint density at radius 1 is 1.64 bits per heavy atom. The van der Waals surface area contributed by atoms with Gasteiger partial charge in [0.15, 0.2) is 0 Å². The summed E-state index contributed by atoms with van der Waals surface area (Å²) in [5.74, 6) is 0.814. The Balaban J connectivity index is 2.16. The maximum absolute atomic E-state index is 3.52. The predicted octanol–water partition coefficient (Wildman–Crippen LogP) is 2.42. The minimum Gasteiger partial charge on any atom is -0.309 e. The molecule has 0 spiro atoms. The number of nitrogens with one attached hydrogen (secondary N) is 1. The molecule has 1 aromatic heterocycles. The maximum atomic E-state index is 3.52. The van der Waals surface area contributed by atoms with Crippen molar-refractivity contribution in [3.8, 4) is 0 Å². The van der Waals surface area contributed by atoms with Gasteiger partial charge in [0.2, 0.25) is 0 Å². The minimum atomic E-state index is 0.634. The van der Waals surface area contributed by atoms with E-state index in [2.05, 4.69) is 29.8 Å². The van der Waals surface area contributed by atoms with Gasteiger partial charge in [-0.25, -0.2) is 0 Å². The molecule has 0 radical (unpaired) electrons. The highest BCUT2D eigenvalue weighted by Gasteiger charge is 2.24. The van der Waals surface area contributed by atoms with E-state index in [1.165, 1.54) is 17.8 Å². The second-order valence-corrected chi connectivity index (χ2v) is 4.19. The van der Waals surface area contributed by atoms with E-state index in [1.807, 2.05) is 11.3 Å². The van der Waals surface area contributed by atoms with E-state index >= 15 is 0 Å². The van der Waals surface area contributed by atoms with E-state index in [0.717, 1.165) is 5.92 Å². The average molecular weight is 167 g/mol. The molecule has 1 aliphatic heterocycles. The first-order valence-corrected chi connectivity index (χ1v) is 5.02. The fraction of sp³-hybridized carbons (Fsp3) is 0.556. The molecule has 0 aromatic carbocycles. The molecule has 0 aliphatic carbocycles. The van der Waals surface area contributed by atoms with Gasteiger partial charge < -0.3 is 5.32 Å². The van der Waals surface area contributed by atoms with Crippen LogP contribution in [0.3, 0.4) is 0 Å². The fourth-order valence-electron chi connectivity index (χ4n) is 1.68. The van der Waals surface area contributed by atoms with Gasteiger partial charge in [0.05, 0.1) is 0 Å². The summed E-state index contributed by atoms with van der Waals surface area (Å²) in [4.78, 5) is 1.50. The highest BCUT2D eigenvalue weighted by Crippen LogP contribution is 2.31. The molecule has 0 saturated carbocycles. The zero-order valence-electron chi connectivity index (χ0n) is 6.71. The molecule has 2 heterocycles. The Morgan fingerprint density at radius 3 is 3.09 bits per heavy atom. The lowest BCUT2D eigenvalue weighted by molar-refractivity contribution is 0.511. The Bertz CT molecular complexity index is 217. The first-order chi connectivity index (χ1) is 5.38. The third-order valence-electron chi connectivity index (χ3n) is 2.38. The Labute approximate surface area is 71.4 Å². The van der Waals surface area contributed by atoms with Crippen LogP contribution in [0.2, 0.25) is 0 Å². The van der Waals surface area contributed by atoms with E-state index in [-0.39, 0.29) is 0 Å². The van der Waals surface area contributed by atoms with E-state index in [9.17, 15) is 0 Å². The van der Waals surface area contributed by atoms with Crippen LogP contribution in [0, 0.1) is 5.92 Å². The van der Waals surface area contributed by atoms with Gasteiger partial charge in [0.1, 0.15) is 0 Å². The van der Waals surface area contributed by atoms with Crippen LogP contribution in [0.15, 0.2) is 17.5 Å². The topological polar surface area (TPSA) is 12.0 Å². The highest BCUT2D eigenvalue weighted by atomic mass is 32.1. The van der Waals surface area contributed by atoms with Crippen LogP contribution < -0.4 is 5.32 Å². The second-order valence-electron chi connectivity index (χ2n) is 3.21. The highest BCUT2D eigenvalue weighted by molar-refractivity contribution is 7.10. The van der Waals surface area contributed by atoms with Gasteiger partial charge in [-0.2, -0.15) is 0 Å². The van der Waals surface area contributed by atoms with Gasteiger partial charge in [0.25, 0.3) is 0 Å². The molecule has 2 heteroatoms. The average Bonchev–Trinajstić information content (AvgIpc) is 2.55. The number of rotatable bonds is 1. The van der Waals surface area contributed by atoms with E-state index in [0.29, 0.717) is 6.04 Å². The van der Waals surface area contributed by atoms with Gasteiger partial charge in [0, 0.05) is 10.9 Å². The van der Waals surface area contributed by atoms with Crippen molar-refractivity contribution in [1.82, 2.24) is 5.32 Å². The number of hydrogen-bond acceptors (Lipinski definition) is 2. The zero-order valence-corrected chi connectivity index (χ0v) is 7.53. The van der Waals surface area contributed by atoms with Crippen LogP contribution in [-0.4, -0.2) is 6.54 Å². The van der Waals surface area contributed by atoms with Crippen LogP contribution >= 0.6 is 11.3 Å². The lowest BCUT2D eigenvalue weighted by atomic mass is 10.0. The predicted molar refractivity (Wildman–Crippen MR) is 48.8 cm³/mol. The van der Waals surface area contributed by atoms with Crippen LogP contribution in [0.4, 0.5) is 0 Å². The maximum Gasteiger partial charge on any atom is 0.0441 e. The minimum absolute atomic E-state index is 0.634. The van der Waals surface area contributed by atoms with Gasteiger partial charge >= 0.3 is 0 Å². The van der Waals surface area contributed by atoms with Crippen molar-refractivity contribution in [2.24, 2.45) is 5.92 Å². The van der Waals surface area contributed by atoms with Crippen molar-refractivity contribution in [2.75, 3.05) is 6.54 Å². The van der Waals surface area contributed by atoms with Crippen LogP contribution in [0.1, 0.15) is 24.3 Å². The molecule has 1 N–H and O–H groups in total. The largest absolute Gasteiger partial charge is 0.309 e. The summed E-state index contributed by atoms with van der Waals surface area (Å²) in [6.45, 7) is 3.51. The third-order valence-corrected chi connectivity index (χ3v) is 3.34. The normalized spacial score (nSPS) is 31.0. The Kier molecular flexibility index (Phi) is 1.96. The molecule has 0 amide bonds. The Hall–Kier alpha value is -0.340. The molecule has 1 nitrogen and oxygen atoms in total. The zero-order chi connectivity index (χ0) is 7.68. The lowest BCUT2D eigenvalue weighted by Gasteiger charge is -2.12. The molecule has 0 bridgehead atoms. The van der Waals surface area contributed by atoms with Crippen molar-refractivity contribution >= 4 is 11.3 Å². The molecule has 1 fully saturated rings. The lowest BCUT2D eigenvalue weighted by Crippen LogP contribution is -2.14. The number of hydrogen-bond donors (Lipinski definition) is 1. The third kappa shape index (κ3) is 1.33. The molecular weight excluding hydrogens is 154 g/mol. The molecule has 1 aliphatic rings. The molecule has 1 saturated heterocycles. The fourth-order valence-corrected chi connectivity index (χ4v) is 2.62. The first kappa shape index (κ1) is 7.32. The van der Waals surface area contributed by atoms with Crippen LogP contribution in [0.5, 0.6) is 0 Å². The molecule has 2 rings (SSSR count). The Morgan fingerprint density at radius 2 is 2.55 bits per heavy atom. The van der Waals surface area contributed by atoms with Crippen molar-refractivity contribution < 1.29 is 0 Å². The summed E-state index contributed by atoms with van der Waals surface area (Å²) in [5, 5.41) is 5.67. The second kappa shape index (κ2) is 2.95. The smallest absolute Gasteiger partial charge is 0.0441 e. The molecular formula is C9H13NS. The van der Waals surface area contributed by atoms with Gasteiger partial charge in [-0.15, -0.1) is 11.3 Å². The van der Waals surface area contributed by atoms with E-state index < -0.39 is 0 Å². The van der Waals surface area contributed by atoms with Crippen molar-refractivity contribution in [1.29, 1.82) is 0 Å². The van der Waals surface area contributed by atoms with Gasteiger partial charge in [-0.1, -0.05) is 13.0 Å². The van der Waals surface area contributed by atoms with Crippen molar-refractivity contribution in [3.05, 3.63) is 22.4 Å². The summed E-state index contributed by atoms with van der Waals surface area (Å²) in [6, 6.07) is 4.99. The van der Waals surface area contributed by atoms with Crippen molar-refractivity contribution in [2.45, 2.75) is 19.4 Å². The molecule has 2 atom stereocenters. The number of thiophene rings is 1. The first-order valence-electron chi connectivity index (χ1n) is 4.15. The summed E-state index contributed by atoms with van der Waals surface area (Å²) >= 11 is 1.86.